The summed E-state index contributed by atoms with van der Waals surface area (Å²) in [7, 11) is 0. The van der Waals surface area contributed by atoms with E-state index in [4.69, 9.17) is 0 Å². The van der Waals surface area contributed by atoms with Crippen molar-refractivity contribution >= 4 is 11.3 Å². The van der Waals surface area contributed by atoms with E-state index in [1.165, 1.54) is 11.3 Å². The van der Waals surface area contributed by atoms with Crippen molar-refractivity contribution in [1.29, 1.82) is 0 Å². The Hall–Kier alpha value is -0.340. The maximum Gasteiger partial charge on any atom is 0.0955 e. The fraction of sp³-hybridized carbons (Fsp3) is 0.692. The lowest BCUT2D eigenvalue weighted by Gasteiger charge is -2.46. The van der Waals surface area contributed by atoms with Crippen molar-refractivity contribution < 1.29 is 5.11 Å². The minimum absolute atomic E-state index is 0.0127. The van der Waals surface area contributed by atoms with Crippen LogP contribution in [0.5, 0.6) is 0 Å². The van der Waals surface area contributed by atoms with Gasteiger partial charge in [0.1, 0.15) is 0 Å². The van der Waals surface area contributed by atoms with Crippen LogP contribution in [0.15, 0.2) is 11.4 Å². The molecule has 1 fully saturated rings. The Labute approximate surface area is 96.1 Å². The van der Waals surface area contributed by atoms with Crippen LogP contribution in [-0.4, -0.2) is 5.11 Å². The van der Waals surface area contributed by atoms with Crippen LogP contribution >= 0.6 is 11.3 Å². The molecule has 1 nitrogen and oxygen atoms in total. The SMILES string of the molecule is Cc1cc(C2(O)CCCCC2(C)C)cs1. The molecule has 0 amide bonds. The van der Waals surface area contributed by atoms with Gasteiger partial charge in [0.25, 0.3) is 0 Å². The van der Waals surface area contributed by atoms with Crippen LogP contribution in [0, 0.1) is 12.3 Å². The number of thiophene rings is 1. The fourth-order valence-electron chi connectivity index (χ4n) is 2.69. The molecule has 2 heteroatoms. The van der Waals surface area contributed by atoms with E-state index in [-0.39, 0.29) is 5.41 Å². The highest BCUT2D eigenvalue weighted by atomic mass is 32.1. The van der Waals surface area contributed by atoms with Crippen molar-refractivity contribution in [1.82, 2.24) is 0 Å². The van der Waals surface area contributed by atoms with Gasteiger partial charge >= 0.3 is 0 Å². The maximum absolute atomic E-state index is 10.9. The highest BCUT2D eigenvalue weighted by molar-refractivity contribution is 7.10. The van der Waals surface area contributed by atoms with Crippen molar-refractivity contribution in [3.8, 4) is 0 Å². The predicted octanol–water partition coefficient (Wildman–Crippen LogP) is 3.84. The molecule has 1 unspecified atom stereocenters. The van der Waals surface area contributed by atoms with E-state index in [0.29, 0.717) is 0 Å². The van der Waals surface area contributed by atoms with Crippen LogP contribution in [0.2, 0.25) is 0 Å². The summed E-state index contributed by atoms with van der Waals surface area (Å²) in [5, 5.41) is 13.0. The monoisotopic (exact) mass is 224 g/mol. The number of hydrogen-bond donors (Lipinski definition) is 1. The molecule has 1 aromatic rings. The standard InChI is InChI=1S/C13H20OS/c1-10-8-11(9-15-10)13(14)7-5-4-6-12(13,2)3/h8-9,14H,4-7H2,1-3H3. The molecule has 1 N–H and O–H groups in total. The predicted molar refractivity (Wildman–Crippen MR) is 65.2 cm³/mol. The first-order valence-electron chi connectivity index (χ1n) is 5.74. The van der Waals surface area contributed by atoms with E-state index >= 15 is 0 Å². The summed E-state index contributed by atoms with van der Waals surface area (Å²) in [4.78, 5) is 1.29. The first-order valence-corrected chi connectivity index (χ1v) is 6.62. The number of rotatable bonds is 1. The largest absolute Gasteiger partial charge is 0.385 e. The van der Waals surface area contributed by atoms with Gasteiger partial charge in [-0.05, 0) is 42.2 Å². The lowest BCUT2D eigenvalue weighted by atomic mass is 9.63. The Kier molecular flexibility index (Phi) is 2.68. The van der Waals surface area contributed by atoms with Crippen molar-refractivity contribution in [2.24, 2.45) is 5.41 Å². The van der Waals surface area contributed by atoms with Crippen LogP contribution in [0.3, 0.4) is 0 Å². The van der Waals surface area contributed by atoms with Crippen LogP contribution in [0.4, 0.5) is 0 Å². The minimum Gasteiger partial charge on any atom is -0.385 e. The van der Waals surface area contributed by atoms with Crippen molar-refractivity contribution in [3.05, 3.63) is 21.9 Å². The van der Waals surface area contributed by atoms with Crippen molar-refractivity contribution in [3.63, 3.8) is 0 Å². The summed E-state index contributed by atoms with van der Waals surface area (Å²) in [5.41, 5.74) is 0.545. The van der Waals surface area contributed by atoms with Gasteiger partial charge in [-0.3, -0.25) is 0 Å². The number of aryl methyl sites for hydroxylation is 1. The summed E-state index contributed by atoms with van der Waals surface area (Å²) in [5.74, 6) is 0. The van der Waals surface area contributed by atoms with Crippen molar-refractivity contribution in [2.45, 2.75) is 52.1 Å². The number of hydrogen-bond acceptors (Lipinski definition) is 2. The molecular weight excluding hydrogens is 204 g/mol. The number of aliphatic hydroxyl groups is 1. The summed E-state index contributed by atoms with van der Waals surface area (Å²) in [6.07, 6.45) is 4.43. The average Bonchev–Trinajstić information content (AvgIpc) is 2.58. The second kappa shape index (κ2) is 3.60. The topological polar surface area (TPSA) is 20.2 Å². The Morgan fingerprint density at radius 2 is 1.93 bits per heavy atom. The highest BCUT2D eigenvalue weighted by Crippen LogP contribution is 2.50. The molecule has 0 saturated heterocycles. The second-order valence-electron chi connectivity index (χ2n) is 5.40. The van der Waals surface area contributed by atoms with Gasteiger partial charge in [-0.25, -0.2) is 0 Å². The molecule has 1 saturated carbocycles. The summed E-state index contributed by atoms with van der Waals surface area (Å²) in [6, 6.07) is 2.15. The van der Waals surface area contributed by atoms with E-state index in [2.05, 4.69) is 32.2 Å². The Morgan fingerprint density at radius 3 is 2.47 bits per heavy atom. The lowest BCUT2D eigenvalue weighted by molar-refractivity contribution is -0.103. The van der Waals surface area contributed by atoms with Gasteiger partial charge in [0.2, 0.25) is 0 Å². The molecule has 1 aromatic heterocycles. The smallest absolute Gasteiger partial charge is 0.0955 e. The third-order valence-corrected chi connectivity index (χ3v) is 4.78. The molecule has 1 heterocycles. The van der Waals surface area contributed by atoms with E-state index < -0.39 is 5.60 Å². The molecule has 0 aromatic carbocycles. The van der Waals surface area contributed by atoms with E-state index in [0.717, 1.165) is 24.8 Å². The first-order chi connectivity index (χ1) is 6.96. The van der Waals surface area contributed by atoms with Crippen LogP contribution in [0.1, 0.15) is 50.0 Å². The Bertz CT molecular complexity index is 353. The average molecular weight is 224 g/mol. The van der Waals surface area contributed by atoms with Gasteiger partial charge in [-0.1, -0.05) is 26.7 Å². The minimum atomic E-state index is -0.601. The quantitative estimate of drug-likeness (QED) is 0.768. The third kappa shape index (κ3) is 1.74. The zero-order valence-electron chi connectivity index (χ0n) is 9.84. The molecule has 1 atom stereocenters. The van der Waals surface area contributed by atoms with Gasteiger partial charge in [0.15, 0.2) is 0 Å². The first kappa shape index (κ1) is 11.2. The molecular formula is C13H20OS. The van der Waals surface area contributed by atoms with Gasteiger partial charge in [0, 0.05) is 4.88 Å². The van der Waals surface area contributed by atoms with Gasteiger partial charge < -0.3 is 5.11 Å². The molecule has 1 aliphatic carbocycles. The summed E-state index contributed by atoms with van der Waals surface area (Å²) >= 11 is 1.74. The molecule has 15 heavy (non-hydrogen) atoms. The van der Waals surface area contributed by atoms with Crippen LogP contribution in [-0.2, 0) is 5.60 Å². The van der Waals surface area contributed by atoms with Gasteiger partial charge in [-0.15, -0.1) is 11.3 Å². The van der Waals surface area contributed by atoms with Crippen molar-refractivity contribution in [2.75, 3.05) is 0 Å². The lowest BCUT2D eigenvalue weighted by Crippen LogP contribution is -2.44. The van der Waals surface area contributed by atoms with Gasteiger partial charge in [0.05, 0.1) is 5.60 Å². The van der Waals surface area contributed by atoms with Crippen LogP contribution < -0.4 is 0 Å². The third-order valence-electron chi connectivity index (χ3n) is 3.92. The zero-order valence-corrected chi connectivity index (χ0v) is 10.7. The Morgan fingerprint density at radius 1 is 1.27 bits per heavy atom. The van der Waals surface area contributed by atoms with Crippen LogP contribution in [0.25, 0.3) is 0 Å². The summed E-state index contributed by atoms with van der Waals surface area (Å²) < 4.78 is 0. The van der Waals surface area contributed by atoms with E-state index in [1.54, 1.807) is 11.3 Å². The molecule has 84 valence electrons. The molecule has 1 aliphatic rings. The second-order valence-corrected chi connectivity index (χ2v) is 6.51. The fourth-order valence-corrected chi connectivity index (χ4v) is 3.46. The molecule has 0 aliphatic heterocycles. The molecule has 0 radical (unpaired) electrons. The van der Waals surface area contributed by atoms with E-state index in [1.807, 2.05) is 0 Å². The normalized spacial score (nSPS) is 30.4. The highest BCUT2D eigenvalue weighted by Gasteiger charge is 2.46. The zero-order chi connectivity index (χ0) is 11.1. The van der Waals surface area contributed by atoms with Gasteiger partial charge in [-0.2, -0.15) is 0 Å². The van der Waals surface area contributed by atoms with E-state index in [9.17, 15) is 5.11 Å². The Balaban J connectivity index is 2.39. The maximum atomic E-state index is 10.9. The molecule has 2 rings (SSSR count). The summed E-state index contributed by atoms with van der Waals surface area (Å²) in [6.45, 7) is 6.49. The molecule has 0 spiro atoms. The molecule has 0 bridgehead atoms.